The van der Waals surface area contributed by atoms with Gasteiger partial charge in [-0.3, -0.25) is 0 Å². The van der Waals surface area contributed by atoms with Crippen LogP contribution in [0, 0.1) is 23.7 Å². The van der Waals surface area contributed by atoms with E-state index in [9.17, 15) is 0 Å². The smallest absolute Gasteiger partial charge is 0.0205 e. The van der Waals surface area contributed by atoms with Crippen LogP contribution < -0.4 is 0 Å². The molecule has 0 aromatic rings. The lowest BCUT2D eigenvalue weighted by atomic mass is 9.74. The van der Waals surface area contributed by atoms with Crippen LogP contribution in [0.25, 0.3) is 0 Å². The predicted molar refractivity (Wildman–Crippen MR) is 75.5 cm³/mol. The molecule has 1 atom stereocenters. The van der Waals surface area contributed by atoms with E-state index in [1.807, 2.05) is 5.92 Å². The van der Waals surface area contributed by atoms with Crippen LogP contribution in [-0.2, 0) is 0 Å². The zero-order valence-corrected chi connectivity index (χ0v) is 12.5. The molecule has 97 valence electrons. The lowest BCUT2D eigenvalue weighted by Crippen LogP contribution is -2.20. The molecule has 0 heterocycles. The second-order valence-corrected chi connectivity index (χ2v) is 6.00. The van der Waals surface area contributed by atoms with Gasteiger partial charge < -0.3 is 0 Å². The van der Waals surface area contributed by atoms with Crippen molar-refractivity contribution < 1.29 is 0 Å². The van der Waals surface area contributed by atoms with E-state index in [1.54, 1.807) is 0 Å². The highest BCUT2D eigenvalue weighted by Gasteiger charge is 2.24. The van der Waals surface area contributed by atoms with E-state index in [0.29, 0.717) is 0 Å². The van der Waals surface area contributed by atoms with Gasteiger partial charge in [-0.2, -0.15) is 0 Å². The van der Waals surface area contributed by atoms with Gasteiger partial charge in [-0.1, -0.05) is 60.8 Å². The topological polar surface area (TPSA) is 0 Å². The molecule has 0 rings (SSSR count). The van der Waals surface area contributed by atoms with E-state index in [1.165, 1.54) is 38.5 Å². The zero-order chi connectivity index (χ0) is 12.6. The van der Waals surface area contributed by atoms with Gasteiger partial charge in [-0.25, -0.2) is 0 Å². The number of unbranched alkanes of at least 4 members (excludes halogenated alkanes) is 1. The summed E-state index contributed by atoms with van der Waals surface area (Å²) in [6.45, 7) is 14.1. The maximum Gasteiger partial charge on any atom is -0.0205 e. The number of rotatable bonds is 9. The van der Waals surface area contributed by atoms with Crippen molar-refractivity contribution in [3.8, 4) is 0 Å². The van der Waals surface area contributed by atoms with Crippen LogP contribution >= 0.6 is 0 Å². The van der Waals surface area contributed by atoms with Crippen LogP contribution in [0.5, 0.6) is 0 Å². The lowest BCUT2D eigenvalue weighted by molar-refractivity contribution is 0.322. The Kier molecular flexibility index (Phi) is 9.07. The van der Waals surface area contributed by atoms with Crippen molar-refractivity contribution >= 4 is 0 Å². The van der Waals surface area contributed by atoms with Gasteiger partial charge in [0.25, 0.3) is 0 Å². The molecule has 0 amide bonds. The fraction of sp³-hybridized carbons (Fsp3) is 0.938. The first kappa shape index (κ1) is 16.0. The van der Waals surface area contributed by atoms with Gasteiger partial charge in [0, 0.05) is 0 Å². The van der Waals surface area contributed by atoms with Crippen molar-refractivity contribution in [2.75, 3.05) is 0 Å². The third-order valence-corrected chi connectivity index (χ3v) is 3.45. The van der Waals surface area contributed by atoms with Crippen molar-refractivity contribution in [2.45, 2.75) is 80.1 Å². The lowest BCUT2D eigenvalue weighted by Gasteiger charge is -2.31. The fourth-order valence-corrected chi connectivity index (χ4v) is 2.69. The molecule has 0 spiro atoms. The Hall–Kier alpha value is 0. The Morgan fingerprint density at radius 3 is 1.94 bits per heavy atom. The summed E-state index contributed by atoms with van der Waals surface area (Å²) in [6.07, 6.45) is 8.16. The van der Waals surface area contributed by atoms with Gasteiger partial charge in [-0.15, -0.1) is 0 Å². The minimum absolute atomic E-state index is 0.824. The Bertz CT molecular complexity index is 146. The second-order valence-electron chi connectivity index (χ2n) is 6.00. The van der Waals surface area contributed by atoms with Crippen molar-refractivity contribution in [2.24, 2.45) is 17.8 Å². The van der Waals surface area contributed by atoms with Crippen molar-refractivity contribution in [3.63, 3.8) is 0 Å². The molecule has 0 fully saturated rings. The quantitative estimate of drug-likeness (QED) is 0.460. The SMILES string of the molecule is CCCC[C](CC(C)C)C(CCC)C(C)C. The summed E-state index contributed by atoms with van der Waals surface area (Å²) in [4.78, 5) is 0. The molecule has 0 heteroatoms. The first-order chi connectivity index (χ1) is 7.52. The molecule has 0 bridgehead atoms. The summed E-state index contributed by atoms with van der Waals surface area (Å²) in [5.41, 5.74) is 0. The predicted octanol–water partition coefficient (Wildman–Crippen LogP) is 5.87. The van der Waals surface area contributed by atoms with Crippen LogP contribution in [0.15, 0.2) is 0 Å². The molecule has 0 aliphatic heterocycles. The van der Waals surface area contributed by atoms with Crippen LogP contribution in [0.3, 0.4) is 0 Å². The molecule has 0 aromatic heterocycles. The molecule has 0 saturated heterocycles. The second kappa shape index (κ2) is 9.07. The Balaban J connectivity index is 4.39. The summed E-state index contributed by atoms with van der Waals surface area (Å²) in [5.74, 6) is 4.38. The van der Waals surface area contributed by atoms with Crippen molar-refractivity contribution in [1.29, 1.82) is 0 Å². The van der Waals surface area contributed by atoms with Crippen LogP contribution in [0.4, 0.5) is 0 Å². The largest absolute Gasteiger partial charge is 0.0654 e. The molecule has 0 saturated carbocycles. The highest BCUT2D eigenvalue weighted by Crippen LogP contribution is 2.35. The van der Waals surface area contributed by atoms with Crippen molar-refractivity contribution in [3.05, 3.63) is 5.92 Å². The Morgan fingerprint density at radius 1 is 0.938 bits per heavy atom. The van der Waals surface area contributed by atoms with E-state index in [0.717, 1.165) is 17.8 Å². The van der Waals surface area contributed by atoms with E-state index >= 15 is 0 Å². The molecule has 1 radical (unpaired) electrons. The molecular formula is C16H33. The van der Waals surface area contributed by atoms with Crippen LogP contribution in [0.2, 0.25) is 0 Å². The van der Waals surface area contributed by atoms with Gasteiger partial charge in [0.15, 0.2) is 0 Å². The molecule has 1 unspecified atom stereocenters. The van der Waals surface area contributed by atoms with Crippen LogP contribution in [0.1, 0.15) is 80.1 Å². The van der Waals surface area contributed by atoms with E-state index in [-0.39, 0.29) is 0 Å². The van der Waals surface area contributed by atoms with E-state index in [4.69, 9.17) is 0 Å². The maximum atomic E-state index is 2.40. The molecule has 0 aromatic carbocycles. The van der Waals surface area contributed by atoms with Gasteiger partial charge in [0.05, 0.1) is 0 Å². The number of hydrogen-bond acceptors (Lipinski definition) is 0. The summed E-state index contributed by atoms with van der Waals surface area (Å²) < 4.78 is 0. The molecule has 0 aliphatic rings. The van der Waals surface area contributed by atoms with Crippen molar-refractivity contribution in [1.82, 2.24) is 0 Å². The molecule has 16 heavy (non-hydrogen) atoms. The zero-order valence-electron chi connectivity index (χ0n) is 12.5. The molecular weight excluding hydrogens is 192 g/mol. The molecule has 0 nitrogen and oxygen atoms in total. The summed E-state index contributed by atoms with van der Waals surface area (Å²) in [7, 11) is 0. The molecule has 0 N–H and O–H groups in total. The van der Waals surface area contributed by atoms with Gasteiger partial charge in [0.1, 0.15) is 0 Å². The number of hydrogen-bond donors (Lipinski definition) is 0. The standard InChI is InChI=1S/C16H33/c1-7-9-11-15(12-13(3)4)16(10-8-2)14(5)6/h13-14,16H,7-12H2,1-6H3. The summed E-state index contributed by atoms with van der Waals surface area (Å²) >= 11 is 0. The third-order valence-electron chi connectivity index (χ3n) is 3.45. The summed E-state index contributed by atoms with van der Waals surface area (Å²) in [5, 5.41) is 0. The molecule has 0 aliphatic carbocycles. The van der Waals surface area contributed by atoms with E-state index in [2.05, 4.69) is 41.5 Å². The fourth-order valence-electron chi connectivity index (χ4n) is 2.69. The van der Waals surface area contributed by atoms with E-state index < -0.39 is 0 Å². The minimum atomic E-state index is 0.824. The highest BCUT2D eigenvalue weighted by atomic mass is 14.3. The summed E-state index contributed by atoms with van der Waals surface area (Å²) in [6, 6.07) is 0. The average molecular weight is 225 g/mol. The monoisotopic (exact) mass is 225 g/mol. The van der Waals surface area contributed by atoms with Gasteiger partial charge >= 0.3 is 0 Å². The Labute approximate surface area is 104 Å². The maximum absolute atomic E-state index is 2.40. The first-order valence-electron chi connectivity index (χ1n) is 7.37. The highest BCUT2D eigenvalue weighted by molar-refractivity contribution is 4.98. The Morgan fingerprint density at radius 2 is 1.56 bits per heavy atom. The first-order valence-corrected chi connectivity index (χ1v) is 7.37. The van der Waals surface area contributed by atoms with Gasteiger partial charge in [0.2, 0.25) is 0 Å². The van der Waals surface area contributed by atoms with Gasteiger partial charge in [-0.05, 0) is 42.9 Å². The third kappa shape index (κ3) is 6.55. The normalized spacial score (nSPS) is 14.1. The van der Waals surface area contributed by atoms with Crippen LogP contribution in [-0.4, -0.2) is 0 Å². The minimum Gasteiger partial charge on any atom is -0.0654 e. The average Bonchev–Trinajstić information content (AvgIpc) is 2.20.